The number of alkyl halides is 1. The molecule has 0 bridgehead atoms. The summed E-state index contributed by atoms with van der Waals surface area (Å²) in [7, 11) is 0. The number of hydrogen-bond acceptors (Lipinski definition) is 1. The monoisotopic (exact) mass is 264 g/mol. The topological polar surface area (TPSA) is 17.8 Å². The molecule has 0 fully saturated rings. The molecule has 2 rings (SSSR count). The summed E-state index contributed by atoms with van der Waals surface area (Å²) in [6.07, 6.45) is 1.10. The third-order valence-corrected chi connectivity index (χ3v) is 3.80. The number of benzene rings is 1. The number of fused-ring (bicyclic) bond motifs is 1. The molecule has 0 saturated heterocycles. The normalized spacial score (nSPS) is 13.4. The summed E-state index contributed by atoms with van der Waals surface area (Å²) < 4.78 is 2.33. The van der Waals surface area contributed by atoms with Gasteiger partial charge in [0.15, 0.2) is 0 Å². The summed E-state index contributed by atoms with van der Waals surface area (Å²) in [6, 6.07) is 6.91. The lowest BCUT2D eigenvalue weighted by Gasteiger charge is -2.23. The summed E-state index contributed by atoms with van der Waals surface area (Å²) in [5.41, 5.74) is 3.51. The fourth-order valence-corrected chi connectivity index (χ4v) is 2.86. The predicted molar refractivity (Wildman–Crippen MR) is 78.2 cm³/mol. The molecule has 1 unspecified atom stereocenters. The highest BCUT2D eigenvalue weighted by atomic mass is 35.5. The van der Waals surface area contributed by atoms with Crippen LogP contribution in [0.3, 0.4) is 0 Å². The maximum absolute atomic E-state index is 6.07. The molecule has 1 aromatic carbocycles. The second-order valence-electron chi connectivity index (χ2n) is 5.24. The van der Waals surface area contributed by atoms with Gasteiger partial charge in [-0.3, -0.25) is 0 Å². The summed E-state index contributed by atoms with van der Waals surface area (Å²) in [4.78, 5) is 4.67. The van der Waals surface area contributed by atoms with Gasteiger partial charge in [0, 0.05) is 6.04 Å². The lowest BCUT2D eigenvalue weighted by Crippen LogP contribution is -2.16. The molecule has 0 amide bonds. The molecule has 0 aliphatic carbocycles. The maximum atomic E-state index is 6.07. The van der Waals surface area contributed by atoms with Gasteiger partial charge >= 0.3 is 0 Å². The first-order chi connectivity index (χ1) is 8.58. The fourth-order valence-electron chi connectivity index (χ4n) is 2.68. The first-order valence-corrected chi connectivity index (χ1v) is 7.15. The molecule has 2 nitrogen and oxygen atoms in total. The SMILES string of the molecule is CCC(C(C)C)n1c(CCl)nc2cc(C)ccc21. The Labute approximate surface area is 114 Å². The number of aromatic nitrogens is 2. The fraction of sp³-hybridized carbons (Fsp3) is 0.533. The minimum absolute atomic E-state index is 0.464. The highest BCUT2D eigenvalue weighted by Gasteiger charge is 2.19. The van der Waals surface area contributed by atoms with Gasteiger partial charge in [-0.2, -0.15) is 0 Å². The number of rotatable bonds is 4. The van der Waals surface area contributed by atoms with E-state index >= 15 is 0 Å². The number of imidazole rings is 1. The summed E-state index contributed by atoms with van der Waals surface area (Å²) in [5, 5.41) is 0. The molecule has 0 radical (unpaired) electrons. The van der Waals surface area contributed by atoms with Crippen LogP contribution >= 0.6 is 11.6 Å². The standard InChI is InChI=1S/C15H21ClN2/c1-5-13(10(2)3)18-14-7-6-11(4)8-12(14)17-15(18)9-16/h6-8,10,13H,5,9H2,1-4H3. The van der Waals surface area contributed by atoms with Gasteiger partial charge in [0.2, 0.25) is 0 Å². The summed E-state index contributed by atoms with van der Waals surface area (Å²) in [5.74, 6) is 2.03. The Hall–Kier alpha value is -1.02. The Balaban J connectivity index is 2.66. The largest absolute Gasteiger partial charge is 0.324 e. The van der Waals surface area contributed by atoms with Gasteiger partial charge in [-0.05, 0) is 37.0 Å². The van der Waals surface area contributed by atoms with Gasteiger partial charge < -0.3 is 4.57 Å². The zero-order valence-corrected chi connectivity index (χ0v) is 12.3. The van der Waals surface area contributed by atoms with E-state index in [1.165, 1.54) is 11.1 Å². The molecule has 0 aliphatic heterocycles. The molecule has 98 valence electrons. The van der Waals surface area contributed by atoms with E-state index in [0.29, 0.717) is 17.8 Å². The van der Waals surface area contributed by atoms with Crippen molar-refractivity contribution >= 4 is 22.6 Å². The van der Waals surface area contributed by atoms with Crippen LogP contribution in [0, 0.1) is 12.8 Å². The van der Waals surface area contributed by atoms with Gasteiger partial charge in [0.1, 0.15) is 5.82 Å². The van der Waals surface area contributed by atoms with Crippen molar-refractivity contribution in [3.05, 3.63) is 29.6 Å². The van der Waals surface area contributed by atoms with E-state index in [1.807, 2.05) is 0 Å². The summed E-state index contributed by atoms with van der Waals surface area (Å²) >= 11 is 6.07. The molecule has 0 aliphatic rings. The van der Waals surface area contributed by atoms with Crippen LogP contribution in [0.1, 0.15) is 44.6 Å². The smallest absolute Gasteiger partial charge is 0.125 e. The molecular formula is C15H21ClN2. The van der Waals surface area contributed by atoms with Crippen molar-refractivity contribution in [2.24, 2.45) is 5.92 Å². The minimum Gasteiger partial charge on any atom is -0.324 e. The zero-order chi connectivity index (χ0) is 13.3. The van der Waals surface area contributed by atoms with E-state index in [0.717, 1.165) is 17.8 Å². The quantitative estimate of drug-likeness (QED) is 0.733. The Bertz CT molecular complexity index is 543. The highest BCUT2D eigenvalue weighted by molar-refractivity contribution is 6.16. The lowest BCUT2D eigenvalue weighted by molar-refractivity contribution is 0.367. The zero-order valence-electron chi connectivity index (χ0n) is 11.6. The van der Waals surface area contributed by atoms with Crippen LogP contribution in [0.25, 0.3) is 11.0 Å². The van der Waals surface area contributed by atoms with Gasteiger partial charge in [-0.1, -0.05) is 26.8 Å². The maximum Gasteiger partial charge on any atom is 0.125 e. The van der Waals surface area contributed by atoms with Crippen LogP contribution in [0.2, 0.25) is 0 Å². The number of aryl methyl sites for hydroxylation is 1. The molecule has 18 heavy (non-hydrogen) atoms. The average Bonchev–Trinajstić information content (AvgIpc) is 2.67. The Morgan fingerprint density at radius 1 is 1.33 bits per heavy atom. The van der Waals surface area contributed by atoms with Crippen molar-refractivity contribution in [2.75, 3.05) is 0 Å². The van der Waals surface area contributed by atoms with E-state index in [9.17, 15) is 0 Å². The molecule has 0 saturated carbocycles. The summed E-state index contributed by atoms with van der Waals surface area (Å²) in [6.45, 7) is 8.83. The van der Waals surface area contributed by atoms with Crippen molar-refractivity contribution in [3.8, 4) is 0 Å². The van der Waals surface area contributed by atoms with Crippen molar-refractivity contribution in [2.45, 2.75) is 46.0 Å². The second kappa shape index (κ2) is 5.31. The van der Waals surface area contributed by atoms with Crippen LogP contribution in [0.4, 0.5) is 0 Å². The van der Waals surface area contributed by atoms with Crippen molar-refractivity contribution in [1.29, 1.82) is 0 Å². The molecule has 1 atom stereocenters. The van der Waals surface area contributed by atoms with Crippen molar-refractivity contribution in [1.82, 2.24) is 9.55 Å². The van der Waals surface area contributed by atoms with Crippen LogP contribution in [-0.2, 0) is 5.88 Å². The van der Waals surface area contributed by atoms with E-state index in [1.54, 1.807) is 0 Å². The molecular weight excluding hydrogens is 244 g/mol. The predicted octanol–water partition coefficient (Wildman–Crippen LogP) is 4.69. The van der Waals surface area contributed by atoms with E-state index in [2.05, 4.69) is 55.4 Å². The van der Waals surface area contributed by atoms with Gasteiger partial charge in [-0.15, -0.1) is 11.6 Å². The van der Waals surface area contributed by atoms with Gasteiger partial charge in [0.25, 0.3) is 0 Å². The molecule has 1 heterocycles. The van der Waals surface area contributed by atoms with Gasteiger partial charge in [0.05, 0.1) is 16.9 Å². The highest BCUT2D eigenvalue weighted by Crippen LogP contribution is 2.29. The number of halogens is 1. The molecule has 1 aromatic heterocycles. The van der Waals surface area contributed by atoms with Crippen molar-refractivity contribution < 1.29 is 0 Å². The third-order valence-electron chi connectivity index (χ3n) is 3.56. The number of hydrogen-bond donors (Lipinski definition) is 0. The van der Waals surface area contributed by atoms with E-state index < -0.39 is 0 Å². The minimum atomic E-state index is 0.464. The molecule has 3 heteroatoms. The van der Waals surface area contributed by atoms with E-state index in [4.69, 9.17) is 11.6 Å². The molecule has 2 aromatic rings. The Morgan fingerprint density at radius 2 is 2.06 bits per heavy atom. The first-order valence-electron chi connectivity index (χ1n) is 6.61. The van der Waals surface area contributed by atoms with Crippen LogP contribution in [0.15, 0.2) is 18.2 Å². The Kier molecular flexibility index (Phi) is 3.96. The van der Waals surface area contributed by atoms with Crippen LogP contribution in [0.5, 0.6) is 0 Å². The molecule has 0 spiro atoms. The average molecular weight is 265 g/mol. The number of nitrogens with zero attached hydrogens (tertiary/aromatic N) is 2. The van der Waals surface area contributed by atoms with E-state index in [-0.39, 0.29) is 0 Å². The molecule has 0 N–H and O–H groups in total. The van der Waals surface area contributed by atoms with Gasteiger partial charge in [-0.25, -0.2) is 4.98 Å². The second-order valence-corrected chi connectivity index (χ2v) is 5.51. The third kappa shape index (κ3) is 2.26. The Morgan fingerprint density at radius 3 is 2.61 bits per heavy atom. The lowest BCUT2D eigenvalue weighted by atomic mass is 10.0. The van der Waals surface area contributed by atoms with Crippen molar-refractivity contribution in [3.63, 3.8) is 0 Å². The van der Waals surface area contributed by atoms with Crippen LogP contribution in [-0.4, -0.2) is 9.55 Å². The van der Waals surface area contributed by atoms with Crippen LogP contribution < -0.4 is 0 Å². The first kappa shape index (κ1) is 13.4.